The van der Waals surface area contributed by atoms with Gasteiger partial charge in [0, 0.05) is 17.7 Å². The van der Waals surface area contributed by atoms with Crippen molar-refractivity contribution >= 4 is 41.0 Å². The molecule has 3 aromatic rings. The highest BCUT2D eigenvalue weighted by atomic mass is 19.4. The predicted molar refractivity (Wildman–Crippen MR) is 114 cm³/mol. The first-order valence-corrected chi connectivity index (χ1v) is 10.1. The largest absolute Gasteiger partial charge is 0.418 e. The molecule has 0 unspecified atom stereocenters. The number of imide groups is 1. The number of anilines is 3. The van der Waals surface area contributed by atoms with Crippen LogP contribution in [0.1, 0.15) is 29.5 Å². The van der Waals surface area contributed by atoms with Crippen molar-refractivity contribution in [2.75, 3.05) is 10.6 Å². The van der Waals surface area contributed by atoms with Gasteiger partial charge in [-0.25, -0.2) is 9.78 Å². The van der Waals surface area contributed by atoms with E-state index in [0.29, 0.717) is 11.4 Å². The molecular formula is C21H15F3N8O2. The van der Waals surface area contributed by atoms with Crippen molar-refractivity contribution in [3.8, 4) is 6.07 Å². The number of aromatic nitrogens is 3. The highest BCUT2D eigenvalue weighted by Crippen LogP contribution is 2.37. The molecule has 10 nitrogen and oxygen atoms in total. The lowest BCUT2D eigenvalue weighted by Crippen LogP contribution is -2.22. The number of nitrogens with one attached hydrogen (secondary N) is 4. The lowest BCUT2D eigenvalue weighted by atomic mass is 10.1. The fourth-order valence-electron chi connectivity index (χ4n) is 3.42. The summed E-state index contributed by atoms with van der Waals surface area (Å²) in [5.74, 6) is -0.0463. The van der Waals surface area contributed by atoms with Crippen molar-refractivity contribution in [3.63, 3.8) is 0 Å². The van der Waals surface area contributed by atoms with E-state index < -0.39 is 23.7 Å². The van der Waals surface area contributed by atoms with Gasteiger partial charge in [0.15, 0.2) is 5.65 Å². The Morgan fingerprint density at radius 2 is 2.00 bits per heavy atom. The number of hydrogen-bond acceptors (Lipinski definition) is 7. The number of rotatable bonds is 5. The van der Waals surface area contributed by atoms with Gasteiger partial charge >= 0.3 is 12.2 Å². The van der Waals surface area contributed by atoms with Crippen LogP contribution in [0.15, 0.2) is 36.2 Å². The Labute approximate surface area is 189 Å². The van der Waals surface area contributed by atoms with E-state index in [-0.39, 0.29) is 34.5 Å². The van der Waals surface area contributed by atoms with Crippen LogP contribution in [0.2, 0.25) is 0 Å². The number of fused-ring (bicyclic) bond motifs is 1. The van der Waals surface area contributed by atoms with Crippen molar-refractivity contribution in [1.29, 1.82) is 5.26 Å². The van der Waals surface area contributed by atoms with Gasteiger partial charge in [-0.2, -0.15) is 28.0 Å². The van der Waals surface area contributed by atoms with E-state index in [1.54, 1.807) is 6.07 Å². The number of alkyl halides is 3. The van der Waals surface area contributed by atoms with Gasteiger partial charge in [0.1, 0.15) is 17.3 Å². The minimum Gasteiger partial charge on any atom is -0.367 e. The topological polar surface area (TPSA) is 136 Å². The number of hydrogen-bond donors (Lipinski definition) is 4. The molecule has 34 heavy (non-hydrogen) atoms. The SMILES string of the molecule is N#Cc1ccc(Nc2cc(NC3CC3)n3ncc(/C=C4\NC(=O)NC4=O)c3n2)c(C(F)(F)F)c1. The minimum absolute atomic E-state index is 0.0109. The van der Waals surface area contributed by atoms with Crippen LogP contribution in [0.5, 0.6) is 0 Å². The van der Waals surface area contributed by atoms with Gasteiger partial charge in [0.2, 0.25) is 0 Å². The summed E-state index contributed by atoms with van der Waals surface area (Å²) in [7, 11) is 0. The van der Waals surface area contributed by atoms with Crippen LogP contribution in [0.25, 0.3) is 11.7 Å². The summed E-state index contributed by atoms with van der Waals surface area (Å²) < 4.78 is 42.3. The number of halogens is 3. The smallest absolute Gasteiger partial charge is 0.367 e. The number of amides is 3. The van der Waals surface area contributed by atoms with Gasteiger partial charge in [-0.15, -0.1) is 0 Å². The number of nitrogens with zero attached hydrogens (tertiary/aromatic N) is 4. The zero-order valence-corrected chi connectivity index (χ0v) is 17.2. The third-order valence-corrected chi connectivity index (χ3v) is 5.16. The second-order valence-corrected chi connectivity index (χ2v) is 7.74. The zero-order chi connectivity index (χ0) is 24.0. The Bertz CT molecular complexity index is 1420. The van der Waals surface area contributed by atoms with Crippen LogP contribution in [0.3, 0.4) is 0 Å². The summed E-state index contributed by atoms with van der Waals surface area (Å²) in [5.41, 5.74) is -0.807. The maximum Gasteiger partial charge on any atom is 0.418 e. The monoisotopic (exact) mass is 468 g/mol. The quantitative estimate of drug-likeness (QED) is 0.334. The fourth-order valence-corrected chi connectivity index (χ4v) is 3.42. The van der Waals surface area contributed by atoms with Gasteiger partial charge in [0.05, 0.1) is 29.1 Å². The first-order valence-electron chi connectivity index (χ1n) is 10.1. The highest BCUT2D eigenvalue weighted by molar-refractivity contribution is 6.14. The molecule has 2 fully saturated rings. The van der Waals surface area contributed by atoms with Gasteiger partial charge in [-0.05, 0) is 37.1 Å². The molecule has 0 radical (unpaired) electrons. The summed E-state index contributed by atoms with van der Waals surface area (Å²) in [6, 6.07) is 5.96. The second kappa shape index (κ2) is 7.77. The van der Waals surface area contributed by atoms with E-state index in [9.17, 15) is 22.8 Å². The molecule has 2 aromatic heterocycles. The van der Waals surface area contributed by atoms with E-state index in [1.807, 2.05) is 0 Å². The number of benzene rings is 1. The zero-order valence-electron chi connectivity index (χ0n) is 17.2. The number of carbonyl (C=O) groups excluding carboxylic acids is 2. The van der Waals surface area contributed by atoms with Crippen LogP contribution >= 0.6 is 0 Å². The molecule has 13 heteroatoms. The molecule has 0 atom stereocenters. The first kappa shape index (κ1) is 21.3. The molecule has 1 saturated carbocycles. The molecule has 0 bridgehead atoms. The number of carbonyl (C=O) groups is 2. The van der Waals surface area contributed by atoms with Crippen molar-refractivity contribution in [2.24, 2.45) is 0 Å². The molecule has 1 aromatic carbocycles. The van der Waals surface area contributed by atoms with Gasteiger partial charge < -0.3 is 16.0 Å². The van der Waals surface area contributed by atoms with Crippen LogP contribution in [0, 0.1) is 11.3 Å². The summed E-state index contributed by atoms with van der Waals surface area (Å²) in [4.78, 5) is 27.7. The van der Waals surface area contributed by atoms with Gasteiger partial charge in [0.25, 0.3) is 5.91 Å². The normalized spacial score (nSPS) is 16.9. The summed E-state index contributed by atoms with van der Waals surface area (Å²) >= 11 is 0. The predicted octanol–water partition coefficient (Wildman–Crippen LogP) is 3.12. The average molecular weight is 468 g/mol. The van der Waals surface area contributed by atoms with E-state index in [1.165, 1.54) is 35.0 Å². The van der Waals surface area contributed by atoms with Crippen LogP contribution in [-0.4, -0.2) is 32.6 Å². The Hall–Kier alpha value is -4.60. The summed E-state index contributed by atoms with van der Waals surface area (Å²) in [6.07, 6.45) is -0.0227. The lowest BCUT2D eigenvalue weighted by Gasteiger charge is -2.16. The van der Waals surface area contributed by atoms with E-state index in [2.05, 4.69) is 31.3 Å². The Kier molecular flexibility index (Phi) is 4.85. The maximum atomic E-state index is 13.6. The fraction of sp³-hybridized carbons (Fsp3) is 0.190. The first-order chi connectivity index (χ1) is 16.2. The lowest BCUT2D eigenvalue weighted by molar-refractivity contribution is -0.137. The summed E-state index contributed by atoms with van der Waals surface area (Å²) in [6.45, 7) is 0. The minimum atomic E-state index is -4.70. The molecular weight excluding hydrogens is 453 g/mol. The van der Waals surface area contributed by atoms with Crippen molar-refractivity contribution in [3.05, 3.63) is 52.8 Å². The molecule has 5 rings (SSSR count). The van der Waals surface area contributed by atoms with Crippen LogP contribution < -0.4 is 21.3 Å². The molecule has 1 saturated heterocycles. The Morgan fingerprint density at radius 1 is 1.21 bits per heavy atom. The second-order valence-electron chi connectivity index (χ2n) is 7.74. The van der Waals surface area contributed by atoms with Gasteiger partial charge in [-0.3, -0.25) is 10.1 Å². The van der Waals surface area contributed by atoms with Crippen LogP contribution in [-0.2, 0) is 11.0 Å². The Balaban J connectivity index is 1.59. The van der Waals surface area contributed by atoms with E-state index >= 15 is 0 Å². The average Bonchev–Trinajstić information content (AvgIpc) is 3.42. The van der Waals surface area contributed by atoms with E-state index in [0.717, 1.165) is 18.9 Å². The van der Waals surface area contributed by atoms with Crippen molar-refractivity contribution < 1.29 is 22.8 Å². The maximum absolute atomic E-state index is 13.6. The third kappa shape index (κ3) is 4.08. The number of urea groups is 1. The molecule has 0 spiro atoms. The molecule has 4 N–H and O–H groups in total. The van der Waals surface area contributed by atoms with Gasteiger partial charge in [-0.1, -0.05) is 0 Å². The van der Waals surface area contributed by atoms with Crippen molar-refractivity contribution in [1.82, 2.24) is 25.2 Å². The van der Waals surface area contributed by atoms with E-state index in [4.69, 9.17) is 5.26 Å². The molecule has 1 aliphatic heterocycles. The number of nitriles is 1. The molecule has 1 aliphatic carbocycles. The molecule has 3 heterocycles. The standard InChI is InChI=1S/C21H15F3N8O2/c22-21(23,24)13-5-10(8-25)1-4-14(13)28-16-7-17(27-12-2-3-12)32-18(30-16)11(9-26-32)6-15-19(33)31-20(34)29-15/h1,4-7,9,12,27H,2-3H2,(H,28,30)(H2,29,31,33,34)/b15-6-. The van der Waals surface area contributed by atoms with Crippen LogP contribution in [0.4, 0.5) is 35.3 Å². The van der Waals surface area contributed by atoms with Crippen molar-refractivity contribution in [2.45, 2.75) is 25.1 Å². The Morgan fingerprint density at radius 3 is 2.65 bits per heavy atom. The molecule has 2 aliphatic rings. The molecule has 172 valence electrons. The highest BCUT2D eigenvalue weighted by Gasteiger charge is 2.34. The molecule has 3 amide bonds. The third-order valence-electron chi connectivity index (χ3n) is 5.16. The summed E-state index contributed by atoms with van der Waals surface area (Å²) in [5, 5.41) is 23.7.